The maximum Gasteiger partial charge on any atom is 0.293 e. The van der Waals surface area contributed by atoms with Crippen molar-refractivity contribution in [3.8, 4) is 0 Å². The van der Waals surface area contributed by atoms with E-state index in [1.807, 2.05) is 6.92 Å². The van der Waals surface area contributed by atoms with E-state index >= 15 is 0 Å². The molecule has 0 aliphatic rings. The highest BCUT2D eigenvalue weighted by Gasteiger charge is 2.19. The van der Waals surface area contributed by atoms with Gasteiger partial charge in [0.15, 0.2) is 0 Å². The van der Waals surface area contributed by atoms with Crippen LogP contribution in [-0.2, 0) is 0 Å². The zero-order valence-electron chi connectivity index (χ0n) is 11.3. The van der Waals surface area contributed by atoms with Crippen molar-refractivity contribution in [3.63, 3.8) is 0 Å². The second kappa shape index (κ2) is 6.54. The maximum atomic E-state index is 13.9. The molecule has 0 aliphatic heterocycles. The van der Waals surface area contributed by atoms with E-state index < -0.39 is 4.92 Å². The molecular weight excluding hydrogens is 295 g/mol. The van der Waals surface area contributed by atoms with Crippen molar-refractivity contribution in [1.29, 1.82) is 0 Å². The molecule has 0 radical (unpaired) electrons. The third-order valence-electron chi connectivity index (χ3n) is 3.18. The van der Waals surface area contributed by atoms with Crippen LogP contribution in [0.1, 0.15) is 24.9 Å². The summed E-state index contributed by atoms with van der Waals surface area (Å²) in [6.07, 6.45) is 0.584. The molecule has 0 aliphatic carbocycles. The molecule has 1 atom stereocenters. The van der Waals surface area contributed by atoms with E-state index in [0.29, 0.717) is 17.7 Å². The van der Waals surface area contributed by atoms with Crippen LogP contribution in [0.15, 0.2) is 42.5 Å². The van der Waals surface area contributed by atoms with Crippen LogP contribution in [0.2, 0.25) is 5.02 Å². The Morgan fingerprint density at radius 2 is 2.05 bits per heavy atom. The van der Waals surface area contributed by atoms with Crippen molar-refractivity contribution >= 4 is 23.0 Å². The predicted molar refractivity (Wildman–Crippen MR) is 81.2 cm³/mol. The van der Waals surface area contributed by atoms with Crippen LogP contribution in [0.4, 0.5) is 15.8 Å². The molecule has 6 heteroatoms. The van der Waals surface area contributed by atoms with Crippen LogP contribution in [0.3, 0.4) is 0 Å². The van der Waals surface area contributed by atoms with Gasteiger partial charge in [-0.25, -0.2) is 4.39 Å². The summed E-state index contributed by atoms with van der Waals surface area (Å²) in [6, 6.07) is 10.4. The third-order valence-corrected chi connectivity index (χ3v) is 3.41. The number of hydrogen-bond donors (Lipinski definition) is 1. The Balaban J connectivity index is 2.36. The highest BCUT2D eigenvalue weighted by atomic mass is 35.5. The molecular formula is C15H14ClFN2O2. The van der Waals surface area contributed by atoms with Gasteiger partial charge in [-0.2, -0.15) is 0 Å². The maximum absolute atomic E-state index is 13.9. The molecule has 0 fully saturated rings. The average molecular weight is 309 g/mol. The number of anilines is 1. The van der Waals surface area contributed by atoms with Gasteiger partial charge in [0, 0.05) is 16.7 Å². The predicted octanol–water partition coefficient (Wildman–Crippen LogP) is 4.95. The first-order chi connectivity index (χ1) is 10.0. The van der Waals surface area contributed by atoms with Gasteiger partial charge in [-0.05, 0) is 24.6 Å². The zero-order valence-corrected chi connectivity index (χ0v) is 12.1. The van der Waals surface area contributed by atoms with Crippen LogP contribution >= 0.6 is 11.6 Å². The quantitative estimate of drug-likeness (QED) is 0.628. The number of nitro groups is 1. The monoisotopic (exact) mass is 308 g/mol. The SMILES string of the molecule is CCC(Nc1ccc(Cl)cc1[N+](=O)[O-])c1ccccc1F. The van der Waals surface area contributed by atoms with Crippen molar-refractivity contribution in [3.05, 3.63) is 69.0 Å². The Morgan fingerprint density at radius 1 is 1.33 bits per heavy atom. The number of nitrogens with one attached hydrogen (secondary N) is 1. The lowest BCUT2D eigenvalue weighted by Crippen LogP contribution is -2.12. The van der Waals surface area contributed by atoms with Crippen molar-refractivity contribution in [2.45, 2.75) is 19.4 Å². The standard InChI is InChI=1S/C15H14ClFN2O2/c1-2-13(11-5-3-4-6-12(11)17)18-14-8-7-10(16)9-15(14)19(20)21/h3-9,13,18H,2H2,1H3. The fourth-order valence-corrected chi connectivity index (χ4v) is 2.29. The number of nitro benzene ring substituents is 1. The van der Waals surface area contributed by atoms with E-state index in [1.165, 1.54) is 18.2 Å². The molecule has 0 saturated carbocycles. The summed E-state index contributed by atoms with van der Waals surface area (Å²) in [5.74, 6) is -0.339. The molecule has 4 nitrogen and oxygen atoms in total. The Kier molecular flexibility index (Phi) is 4.75. The Hall–Kier alpha value is -2.14. The van der Waals surface area contributed by atoms with Gasteiger partial charge >= 0.3 is 0 Å². The normalized spacial score (nSPS) is 12.0. The number of halogens is 2. The Labute approximate surface area is 126 Å². The van der Waals surface area contributed by atoms with Crippen LogP contribution in [0.5, 0.6) is 0 Å². The summed E-state index contributed by atoms with van der Waals surface area (Å²) in [4.78, 5) is 10.6. The lowest BCUT2D eigenvalue weighted by Gasteiger charge is -2.19. The number of benzene rings is 2. The lowest BCUT2D eigenvalue weighted by atomic mass is 10.0. The number of nitrogens with zero attached hydrogens (tertiary/aromatic N) is 1. The fraction of sp³-hybridized carbons (Fsp3) is 0.200. The fourth-order valence-electron chi connectivity index (χ4n) is 2.12. The molecule has 1 N–H and O–H groups in total. The average Bonchev–Trinajstić information content (AvgIpc) is 2.46. The highest BCUT2D eigenvalue weighted by molar-refractivity contribution is 6.30. The first-order valence-electron chi connectivity index (χ1n) is 6.47. The molecule has 0 spiro atoms. The first kappa shape index (κ1) is 15.3. The minimum absolute atomic E-state index is 0.128. The van der Waals surface area contributed by atoms with Gasteiger partial charge in [0.05, 0.1) is 11.0 Å². The van der Waals surface area contributed by atoms with E-state index in [9.17, 15) is 14.5 Å². The van der Waals surface area contributed by atoms with Gasteiger partial charge < -0.3 is 5.32 Å². The summed E-state index contributed by atoms with van der Waals surface area (Å²) < 4.78 is 13.9. The number of rotatable bonds is 5. The molecule has 110 valence electrons. The van der Waals surface area contributed by atoms with E-state index in [0.717, 1.165) is 0 Å². The summed E-state index contributed by atoms with van der Waals surface area (Å²) in [5.41, 5.74) is 0.668. The first-order valence-corrected chi connectivity index (χ1v) is 6.85. The minimum Gasteiger partial charge on any atom is -0.373 e. The Bertz CT molecular complexity index is 664. The molecule has 1 unspecified atom stereocenters. The summed E-state index contributed by atoms with van der Waals surface area (Å²) in [7, 11) is 0. The molecule has 21 heavy (non-hydrogen) atoms. The summed E-state index contributed by atoms with van der Waals surface area (Å²) in [5, 5.41) is 14.4. The van der Waals surface area contributed by atoms with Crippen LogP contribution in [0, 0.1) is 15.9 Å². The van der Waals surface area contributed by atoms with Gasteiger partial charge in [-0.15, -0.1) is 0 Å². The van der Waals surface area contributed by atoms with E-state index in [2.05, 4.69) is 5.32 Å². The Morgan fingerprint density at radius 3 is 2.67 bits per heavy atom. The molecule has 2 rings (SSSR count). The molecule has 2 aromatic rings. The molecule has 0 bridgehead atoms. The summed E-state index contributed by atoms with van der Waals surface area (Å²) >= 11 is 5.78. The van der Waals surface area contributed by atoms with E-state index in [1.54, 1.807) is 24.3 Å². The largest absolute Gasteiger partial charge is 0.373 e. The molecule has 0 heterocycles. The summed E-state index contributed by atoms with van der Waals surface area (Å²) in [6.45, 7) is 1.88. The molecule has 0 saturated heterocycles. The van der Waals surface area contributed by atoms with Gasteiger partial charge in [0.2, 0.25) is 0 Å². The van der Waals surface area contributed by atoms with Gasteiger partial charge in [-0.1, -0.05) is 36.7 Å². The van der Waals surface area contributed by atoms with E-state index in [4.69, 9.17) is 11.6 Å². The van der Waals surface area contributed by atoms with Gasteiger partial charge in [0.25, 0.3) is 5.69 Å². The smallest absolute Gasteiger partial charge is 0.293 e. The second-order valence-electron chi connectivity index (χ2n) is 4.55. The van der Waals surface area contributed by atoms with Crippen LogP contribution in [-0.4, -0.2) is 4.92 Å². The zero-order chi connectivity index (χ0) is 15.4. The van der Waals surface area contributed by atoms with Crippen LogP contribution < -0.4 is 5.32 Å². The number of hydrogen-bond acceptors (Lipinski definition) is 3. The molecule has 0 amide bonds. The molecule has 2 aromatic carbocycles. The molecule has 0 aromatic heterocycles. The van der Waals surface area contributed by atoms with E-state index in [-0.39, 0.29) is 22.6 Å². The van der Waals surface area contributed by atoms with Gasteiger partial charge in [-0.3, -0.25) is 10.1 Å². The third kappa shape index (κ3) is 3.49. The van der Waals surface area contributed by atoms with Crippen LogP contribution in [0.25, 0.3) is 0 Å². The lowest BCUT2D eigenvalue weighted by molar-refractivity contribution is -0.384. The second-order valence-corrected chi connectivity index (χ2v) is 4.98. The highest BCUT2D eigenvalue weighted by Crippen LogP contribution is 2.32. The van der Waals surface area contributed by atoms with Crippen molar-refractivity contribution in [2.24, 2.45) is 0 Å². The minimum atomic E-state index is -0.512. The van der Waals surface area contributed by atoms with Gasteiger partial charge in [0.1, 0.15) is 11.5 Å². The van der Waals surface area contributed by atoms with Crippen molar-refractivity contribution < 1.29 is 9.31 Å². The van der Waals surface area contributed by atoms with Crippen molar-refractivity contribution in [2.75, 3.05) is 5.32 Å². The topological polar surface area (TPSA) is 55.2 Å². The van der Waals surface area contributed by atoms with Crippen molar-refractivity contribution in [1.82, 2.24) is 0 Å².